The highest BCUT2D eigenvalue weighted by Gasteiger charge is 2.17. The zero-order valence-electron chi connectivity index (χ0n) is 12.8. The van der Waals surface area contributed by atoms with E-state index in [-0.39, 0.29) is 22.2 Å². The number of aryl methyl sites for hydroxylation is 1. The van der Waals surface area contributed by atoms with Gasteiger partial charge in [0.25, 0.3) is 0 Å². The Morgan fingerprint density at radius 1 is 1.21 bits per heavy atom. The van der Waals surface area contributed by atoms with E-state index in [1.165, 1.54) is 6.07 Å². The normalized spacial score (nSPS) is 11.7. The molecule has 0 aliphatic rings. The average Bonchev–Trinajstić information content (AvgIpc) is 2.50. The maximum Gasteiger partial charge on any atom is 0.387 e. The summed E-state index contributed by atoms with van der Waals surface area (Å²) in [6, 6.07) is 11.0. The van der Waals surface area contributed by atoms with Crippen LogP contribution in [0.4, 0.5) is 8.78 Å². The topological polar surface area (TPSA) is 55.4 Å². The molecular weight excluding hydrogens is 360 g/mol. The number of ether oxygens (including phenoxy) is 1. The van der Waals surface area contributed by atoms with Crippen molar-refractivity contribution in [3.63, 3.8) is 0 Å². The first-order chi connectivity index (χ1) is 11.3. The zero-order chi connectivity index (χ0) is 17.7. The van der Waals surface area contributed by atoms with Crippen LogP contribution in [0.3, 0.4) is 0 Å². The van der Waals surface area contributed by atoms with Crippen molar-refractivity contribution in [3.05, 3.63) is 58.6 Å². The molecule has 0 radical (unpaired) electrons. The molecule has 2 rings (SSSR count). The predicted octanol–water partition coefficient (Wildman–Crippen LogP) is 3.77. The van der Waals surface area contributed by atoms with E-state index in [4.69, 9.17) is 11.6 Å². The maximum atomic E-state index is 12.2. The average molecular weight is 376 g/mol. The summed E-state index contributed by atoms with van der Waals surface area (Å²) in [4.78, 5) is -0.112. The van der Waals surface area contributed by atoms with Crippen LogP contribution in [0.25, 0.3) is 0 Å². The van der Waals surface area contributed by atoms with E-state index in [9.17, 15) is 17.2 Å². The first-order valence-corrected chi connectivity index (χ1v) is 8.94. The fourth-order valence-corrected chi connectivity index (χ4v) is 3.48. The second kappa shape index (κ2) is 7.92. The van der Waals surface area contributed by atoms with Crippen molar-refractivity contribution in [2.24, 2.45) is 0 Å². The number of alkyl halides is 2. The van der Waals surface area contributed by atoms with Gasteiger partial charge in [0.2, 0.25) is 10.0 Å². The van der Waals surface area contributed by atoms with Gasteiger partial charge in [-0.15, -0.1) is 0 Å². The Labute approximate surface area is 144 Å². The zero-order valence-corrected chi connectivity index (χ0v) is 14.4. The fourth-order valence-electron chi connectivity index (χ4n) is 2.13. The summed E-state index contributed by atoms with van der Waals surface area (Å²) in [6.45, 7) is -0.872. The lowest BCUT2D eigenvalue weighted by molar-refractivity contribution is -0.0498. The molecule has 2 aromatic carbocycles. The van der Waals surface area contributed by atoms with Gasteiger partial charge in [-0.2, -0.15) is 8.78 Å². The molecule has 0 amide bonds. The van der Waals surface area contributed by atoms with Gasteiger partial charge >= 0.3 is 6.61 Å². The van der Waals surface area contributed by atoms with Crippen LogP contribution in [0.5, 0.6) is 5.75 Å². The molecule has 0 aromatic heterocycles. The number of nitrogens with one attached hydrogen (secondary N) is 1. The van der Waals surface area contributed by atoms with Crippen LogP contribution < -0.4 is 9.46 Å². The van der Waals surface area contributed by atoms with E-state index in [0.717, 1.165) is 23.3 Å². The van der Waals surface area contributed by atoms with Gasteiger partial charge in [-0.25, -0.2) is 13.1 Å². The van der Waals surface area contributed by atoms with E-state index in [1.54, 1.807) is 0 Å². The molecule has 0 heterocycles. The Balaban J connectivity index is 2.05. The van der Waals surface area contributed by atoms with Gasteiger partial charge in [-0.3, -0.25) is 0 Å². The molecule has 24 heavy (non-hydrogen) atoms. The van der Waals surface area contributed by atoms with Gasteiger partial charge in [0.15, 0.2) is 0 Å². The lowest BCUT2D eigenvalue weighted by Gasteiger charge is -2.11. The Morgan fingerprint density at radius 2 is 1.92 bits per heavy atom. The number of rotatable bonds is 7. The molecule has 0 saturated carbocycles. The van der Waals surface area contributed by atoms with Crippen molar-refractivity contribution in [1.29, 1.82) is 0 Å². The molecule has 0 bridgehead atoms. The minimum absolute atomic E-state index is 0.112. The third-order valence-electron chi connectivity index (χ3n) is 3.38. The summed E-state index contributed by atoms with van der Waals surface area (Å²) in [6.07, 6.45) is 0.534. The van der Waals surface area contributed by atoms with E-state index in [1.807, 2.05) is 31.2 Å². The number of halogens is 3. The smallest absolute Gasteiger partial charge is 0.387 e. The molecule has 0 saturated heterocycles. The van der Waals surface area contributed by atoms with Crippen molar-refractivity contribution < 1.29 is 21.9 Å². The van der Waals surface area contributed by atoms with Gasteiger partial charge in [0.1, 0.15) is 5.75 Å². The van der Waals surface area contributed by atoms with Crippen LogP contribution in [0.1, 0.15) is 11.1 Å². The Morgan fingerprint density at radius 3 is 2.54 bits per heavy atom. The SMILES string of the molecule is Cc1ccccc1CCNS(=O)(=O)c1ccc(OC(F)F)c(Cl)c1. The van der Waals surface area contributed by atoms with Crippen LogP contribution in [0, 0.1) is 6.92 Å². The highest BCUT2D eigenvalue weighted by Crippen LogP contribution is 2.28. The summed E-state index contributed by atoms with van der Waals surface area (Å²) in [7, 11) is -3.79. The van der Waals surface area contributed by atoms with Crippen LogP contribution >= 0.6 is 11.6 Å². The molecule has 1 N–H and O–H groups in total. The number of sulfonamides is 1. The fraction of sp³-hybridized carbons (Fsp3) is 0.250. The summed E-state index contributed by atoms with van der Waals surface area (Å²) in [5.74, 6) is -0.273. The van der Waals surface area contributed by atoms with Crippen molar-refractivity contribution in [3.8, 4) is 5.75 Å². The molecule has 0 fully saturated rings. The van der Waals surface area contributed by atoms with Crippen molar-refractivity contribution in [1.82, 2.24) is 4.72 Å². The summed E-state index contributed by atoms with van der Waals surface area (Å²) in [5.41, 5.74) is 2.12. The first kappa shape index (κ1) is 18.6. The summed E-state index contributed by atoms with van der Waals surface area (Å²) < 4.78 is 55.5. The molecular formula is C16H16ClF2NO3S. The number of hydrogen-bond acceptors (Lipinski definition) is 3. The van der Waals surface area contributed by atoms with Crippen LogP contribution in [-0.4, -0.2) is 21.6 Å². The maximum absolute atomic E-state index is 12.2. The minimum atomic E-state index is -3.79. The molecule has 8 heteroatoms. The molecule has 0 atom stereocenters. The number of hydrogen-bond donors (Lipinski definition) is 1. The molecule has 130 valence electrons. The van der Waals surface area contributed by atoms with Crippen molar-refractivity contribution in [2.75, 3.05) is 6.54 Å². The summed E-state index contributed by atoms with van der Waals surface area (Å²) >= 11 is 5.78. The lowest BCUT2D eigenvalue weighted by Crippen LogP contribution is -2.26. The van der Waals surface area contributed by atoms with Gasteiger partial charge in [-0.1, -0.05) is 35.9 Å². The van der Waals surface area contributed by atoms with E-state index in [0.29, 0.717) is 6.42 Å². The molecule has 2 aromatic rings. The highest BCUT2D eigenvalue weighted by atomic mass is 35.5. The Kier molecular flexibility index (Phi) is 6.15. The van der Waals surface area contributed by atoms with Crippen molar-refractivity contribution >= 4 is 21.6 Å². The first-order valence-electron chi connectivity index (χ1n) is 7.08. The molecule has 0 aliphatic heterocycles. The van der Waals surface area contributed by atoms with Crippen LogP contribution in [-0.2, 0) is 16.4 Å². The third-order valence-corrected chi connectivity index (χ3v) is 5.13. The van der Waals surface area contributed by atoms with Gasteiger partial charge in [0.05, 0.1) is 9.92 Å². The standard InChI is InChI=1S/C16H16ClF2NO3S/c1-11-4-2-3-5-12(11)8-9-20-24(21,22)13-6-7-15(14(17)10-13)23-16(18)19/h2-7,10,16,20H,8-9H2,1H3. The Bertz CT molecular complexity index is 813. The van der Waals surface area contributed by atoms with E-state index >= 15 is 0 Å². The Hall–Kier alpha value is -1.70. The van der Waals surface area contributed by atoms with Gasteiger partial charge in [0, 0.05) is 6.54 Å². The van der Waals surface area contributed by atoms with Gasteiger partial charge < -0.3 is 4.74 Å². The lowest BCUT2D eigenvalue weighted by atomic mass is 10.1. The van der Waals surface area contributed by atoms with Crippen LogP contribution in [0.2, 0.25) is 5.02 Å². The van der Waals surface area contributed by atoms with E-state index in [2.05, 4.69) is 9.46 Å². The van der Waals surface area contributed by atoms with Gasteiger partial charge in [-0.05, 0) is 42.7 Å². The molecule has 4 nitrogen and oxygen atoms in total. The van der Waals surface area contributed by atoms with Crippen molar-refractivity contribution in [2.45, 2.75) is 24.9 Å². The van der Waals surface area contributed by atoms with Crippen LogP contribution in [0.15, 0.2) is 47.4 Å². The third kappa shape index (κ3) is 4.90. The largest absolute Gasteiger partial charge is 0.433 e. The van der Waals surface area contributed by atoms with E-state index < -0.39 is 16.6 Å². The summed E-state index contributed by atoms with van der Waals surface area (Å²) in [5, 5.41) is -0.197. The molecule has 0 aliphatic carbocycles. The molecule has 0 unspecified atom stereocenters. The number of benzene rings is 2. The minimum Gasteiger partial charge on any atom is -0.433 e. The second-order valence-electron chi connectivity index (χ2n) is 5.04. The quantitative estimate of drug-likeness (QED) is 0.801. The second-order valence-corrected chi connectivity index (χ2v) is 7.22. The monoisotopic (exact) mass is 375 g/mol. The highest BCUT2D eigenvalue weighted by molar-refractivity contribution is 7.89. The predicted molar refractivity (Wildman–Crippen MR) is 88.2 cm³/mol. The molecule has 0 spiro atoms.